The first-order valence-electron chi connectivity index (χ1n) is 7.58. The molecule has 3 unspecified atom stereocenters. The van der Waals surface area contributed by atoms with Crippen molar-refractivity contribution in [3.63, 3.8) is 0 Å². The number of nitrogens with one attached hydrogen (secondary N) is 2. The number of aryl methyl sites for hydroxylation is 1. The van der Waals surface area contributed by atoms with Crippen LogP contribution in [0.15, 0.2) is 6.07 Å². The number of nitrogens with zero attached hydrogens (tertiary/aromatic N) is 1. The predicted molar refractivity (Wildman–Crippen MR) is 74.8 cm³/mol. The van der Waals surface area contributed by atoms with Crippen molar-refractivity contribution in [2.24, 2.45) is 17.8 Å². The van der Waals surface area contributed by atoms with Gasteiger partial charge in [0.1, 0.15) is 0 Å². The molecule has 2 fully saturated rings. The molecule has 4 nitrogen and oxygen atoms in total. The molecule has 19 heavy (non-hydrogen) atoms. The summed E-state index contributed by atoms with van der Waals surface area (Å²) < 4.78 is 0. The Kier molecular flexibility index (Phi) is 3.58. The summed E-state index contributed by atoms with van der Waals surface area (Å²) in [6.45, 7) is 2.13. The van der Waals surface area contributed by atoms with Crippen LogP contribution >= 0.6 is 0 Å². The van der Waals surface area contributed by atoms with Crippen LogP contribution in [0.25, 0.3) is 0 Å². The highest BCUT2D eigenvalue weighted by molar-refractivity contribution is 5.89. The first kappa shape index (κ1) is 12.7. The van der Waals surface area contributed by atoms with Gasteiger partial charge in [-0.15, -0.1) is 0 Å². The van der Waals surface area contributed by atoms with Gasteiger partial charge in [-0.25, -0.2) is 0 Å². The van der Waals surface area contributed by atoms with Crippen molar-refractivity contribution in [2.45, 2.75) is 51.9 Å². The summed E-state index contributed by atoms with van der Waals surface area (Å²) >= 11 is 0. The Balaban J connectivity index is 1.50. The van der Waals surface area contributed by atoms with Crippen molar-refractivity contribution >= 4 is 11.7 Å². The highest BCUT2D eigenvalue weighted by atomic mass is 16.1. The zero-order valence-corrected chi connectivity index (χ0v) is 11.6. The molecule has 0 aromatic carbocycles. The molecular weight excluding hydrogens is 238 g/mol. The van der Waals surface area contributed by atoms with Gasteiger partial charge < -0.3 is 5.32 Å². The molecular formula is C15H23N3O. The van der Waals surface area contributed by atoms with E-state index in [0.717, 1.165) is 30.4 Å². The van der Waals surface area contributed by atoms with Crippen LogP contribution in [0.5, 0.6) is 0 Å². The second-order valence-electron chi connectivity index (χ2n) is 6.22. The minimum absolute atomic E-state index is 0.132. The molecule has 2 N–H and O–H groups in total. The van der Waals surface area contributed by atoms with Crippen molar-refractivity contribution in [1.29, 1.82) is 0 Å². The summed E-state index contributed by atoms with van der Waals surface area (Å²) in [7, 11) is 0. The highest BCUT2D eigenvalue weighted by Crippen LogP contribution is 2.49. The predicted octanol–water partition coefficient (Wildman–Crippen LogP) is 3.13. The summed E-state index contributed by atoms with van der Waals surface area (Å²) in [5.74, 6) is 3.14. The maximum atomic E-state index is 12.0. The van der Waals surface area contributed by atoms with Crippen molar-refractivity contribution in [3.8, 4) is 0 Å². The Bertz CT molecular complexity index is 454. The van der Waals surface area contributed by atoms with Gasteiger partial charge in [0.15, 0.2) is 5.82 Å². The molecule has 1 aromatic heterocycles. The summed E-state index contributed by atoms with van der Waals surface area (Å²) in [5.41, 5.74) is 1.10. The van der Waals surface area contributed by atoms with Crippen LogP contribution < -0.4 is 5.32 Å². The Labute approximate surface area is 114 Å². The smallest absolute Gasteiger partial charge is 0.225 e. The molecule has 2 saturated carbocycles. The zero-order chi connectivity index (χ0) is 13.2. The zero-order valence-electron chi connectivity index (χ0n) is 11.6. The van der Waals surface area contributed by atoms with E-state index in [0.29, 0.717) is 18.2 Å². The van der Waals surface area contributed by atoms with Crippen LogP contribution in [0.1, 0.15) is 51.1 Å². The second-order valence-corrected chi connectivity index (χ2v) is 6.22. The first-order valence-corrected chi connectivity index (χ1v) is 7.58. The maximum absolute atomic E-state index is 12.0. The number of amides is 1. The maximum Gasteiger partial charge on any atom is 0.225 e. The molecule has 3 rings (SSSR count). The van der Waals surface area contributed by atoms with E-state index in [1.54, 1.807) is 0 Å². The van der Waals surface area contributed by atoms with Crippen LogP contribution in [0, 0.1) is 17.8 Å². The molecule has 2 aliphatic carbocycles. The minimum Gasteiger partial charge on any atom is -0.309 e. The van der Waals surface area contributed by atoms with Crippen molar-refractivity contribution < 1.29 is 4.79 Å². The van der Waals surface area contributed by atoms with Crippen LogP contribution in [-0.4, -0.2) is 16.1 Å². The average molecular weight is 261 g/mol. The first-order chi connectivity index (χ1) is 9.24. The number of H-pyrrole nitrogens is 1. The molecule has 2 aliphatic rings. The van der Waals surface area contributed by atoms with E-state index in [1.165, 1.54) is 25.7 Å². The lowest BCUT2D eigenvalue weighted by Crippen LogP contribution is -2.20. The van der Waals surface area contributed by atoms with E-state index < -0.39 is 0 Å². The lowest BCUT2D eigenvalue weighted by molar-refractivity contribution is -0.117. The summed E-state index contributed by atoms with van der Waals surface area (Å²) in [5, 5.41) is 10.0. The summed E-state index contributed by atoms with van der Waals surface area (Å²) in [6.07, 6.45) is 8.10. The third-order valence-electron chi connectivity index (χ3n) is 4.75. The van der Waals surface area contributed by atoms with Gasteiger partial charge >= 0.3 is 0 Å². The minimum atomic E-state index is 0.132. The largest absolute Gasteiger partial charge is 0.309 e. The molecule has 4 heteroatoms. The average Bonchev–Trinajstić information content (AvgIpc) is 3.06. The Hall–Kier alpha value is -1.32. The normalized spacial score (nSPS) is 28.8. The van der Waals surface area contributed by atoms with Crippen LogP contribution in [0.2, 0.25) is 0 Å². The molecule has 1 heterocycles. The van der Waals surface area contributed by atoms with E-state index in [2.05, 4.69) is 22.4 Å². The quantitative estimate of drug-likeness (QED) is 0.855. The van der Waals surface area contributed by atoms with E-state index in [4.69, 9.17) is 0 Å². The highest BCUT2D eigenvalue weighted by Gasteiger charge is 2.40. The second kappa shape index (κ2) is 5.35. The Morgan fingerprint density at radius 1 is 1.47 bits per heavy atom. The van der Waals surface area contributed by atoms with Gasteiger partial charge in [0.05, 0.1) is 0 Å². The monoisotopic (exact) mass is 261 g/mol. The van der Waals surface area contributed by atoms with Crippen LogP contribution in [0.4, 0.5) is 5.82 Å². The molecule has 1 amide bonds. The van der Waals surface area contributed by atoms with Gasteiger partial charge in [-0.1, -0.05) is 19.8 Å². The molecule has 3 atom stereocenters. The van der Waals surface area contributed by atoms with Gasteiger partial charge in [0.25, 0.3) is 0 Å². The summed E-state index contributed by atoms with van der Waals surface area (Å²) in [6, 6.07) is 1.95. The van der Waals surface area contributed by atoms with Gasteiger partial charge in [0, 0.05) is 18.2 Å². The molecule has 2 bridgehead atoms. The van der Waals surface area contributed by atoms with E-state index in [9.17, 15) is 4.79 Å². The van der Waals surface area contributed by atoms with Gasteiger partial charge in [-0.2, -0.15) is 5.10 Å². The van der Waals surface area contributed by atoms with Crippen molar-refractivity contribution in [1.82, 2.24) is 10.2 Å². The fourth-order valence-corrected chi connectivity index (χ4v) is 3.88. The van der Waals surface area contributed by atoms with Crippen LogP contribution in [0.3, 0.4) is 0 Å². The van der Waals surface area contributed by atoms with Crippen molar-refractivity contribution in [3.05, 3.63) is 11.8 Å². The molecule has 104 valence electrons. The van der Waals surface area contributed by atoms with Crippen molar-refractivity contribution in [2.75, 3.05) is 5.32 Å². The number of carbonyl (C=O) groups is 1. The molecule has 0 radical (unpaired) electrons. The van der Waals surface area contributed by atoms with E-state index >= 15 is 0 Å². The van der Waals surface area contributed by atoms with E-state index in [1.807, 2.05) is 6.07 Å². The lowest BCUT2D eigenvalue weighted by atomic mass is 9.86. The number of aromatic amines is 1. The number of anilines is 1. The standard InChI is InChI=1S/C15H23N3O/c1-2-3-13-9-14(18-17-13)16-15(19)8-12-7-10-4-5-11(12)6-10/h9-12H,2-8H2,1H3,(H2,16,17,18,19). The molecule has 0 spiro atoms. The third-order valence-corrected chi connectivity index (χ3v) is 4.75. The fourth-order valence-electron chi connectivity index (χ4n) is 3.88. The summed E-state index contributed by atoms with van der Waals surface area (Å²) in [4.78, 5) is 12.0. The number of rotatable bonds is 5. The molecule has 0 saturated heterocycles. The number of aromatic nitrogens is 2. The number of fused-ring (bicyclic) bond motifs is 2. The number of carbonyl (C=O) groups excluding carboxylic acids is 1. The Morgan fingerprint density at radius 3 is 3.05 bits per heavy atom. The Morgan fingerprint density at radius 2 is 2.37 bits per heavy atom. The van der Waals surface area contributed by atoms with Gasteiger partial charge in [-0.05, 0) is 43.4 Å². The van der Waals surface area contributed by atoms with Gasteiger partial charge in [-0.3, -0.25) is 9.89 Å². The molecule has 0 aliphatic heterocycles. The third kappa shape index (κ3) is 2.82. The number of hydrogen-bond acceptors (Lipinski definition) is 2. The lowest BCUT2D eigenvalue weighted by Gasteiger charge is -2.20. The topological polar surface area (TPSA) is 57.8 Å². The molecule has 1 aromatic rings. The SMILES string of the molecule is CCCc1cc(NC(=O)CC2CC3CCC2C3)n[nH]1. The number of hydrogen-bond donors (Lipinski definition) is 2. The van der Waals surface area contributed by atoms with E-state index in [-0.39, 0.29) is 5.91 Å². The van der Waals surface area contributed by atoms with Crippen LogP contribution in [-0.2, 0) is 11.2 Å². The fraction of sp³-hybridized carbons (Fsp3) is 0.733. The van der Waals surface area contributed by atoms with Gasteiger partial charge in [0.2, 0.25) is 5.91 Å².